The van der Waals surface area contributed by atoms with E-state index in [0.717, 1.165) is 15.2 Å². The van der Waals surface area contributed by atoms with E-state index in [1.807, 2.05) is 6.92 Å². The quantitative estimate of drug-likeness (QED) is 0.774. The third-order valence-corrected chi connectivity index (χ3v) is 5.06. The molecule has 122 valence electrons. The highest BCUT2D eigenvalue weighted by Crippen LogP contribution is 2.20. The molecule has 0 unspecified atom stereocenters. The Morgan fingerprint density at radius 2 is 1.87 bits per heavy atom. The largest absolute Gasteiger partial charge is 0.330 e. The molecule has 0 bridgehead atoms. The van der Waals surface area contributed by atoms with E-state index < -0.39 is 10.0 Å². The molecule has 0 fully saturated rings. The van der Waals surface area contributed by atoms with Gasteiger partial charge in [0, 0.05) is 12.6 Å². The van der Waals surface area contributed by atoms with E-state index in [2.05, 4.69) is 9.97 Å². The van der Waals surface area contributed by atoms with Gasteiger partial charge >= 0.3 is 0 Å². The molecule has 2 aromatic heterocycles. The summed E-state index contributed by atoms with van der Waals surface area (Å²) < 4.78 is 26.6. The molecule has 3 rings (SSSR count). The minimum Gasteiger partial charge on any atom is -0.330 e. The zero-order valence-electron chi connectivity index (χ0n) is 12.5. The molecular weight excluding hydrogens is 336 g/mol. The van der Waals surface area contributed by atoms with Crippen LogP contribution >= 0.6 is 12.4 Å². The maximum atomic E-state index is 12.7. The lowest BCUT2D eigenvalue weighted by atomic mass is 10.2. The van der Waals surface area contributed by atoms with Crippen LogP contribution in [0.15, 0.2) is 47.6 Å². The summed E-state index contributed by atoms with van der Waals surface area (Å²) in [5.74, 6) is 0. The molecule has 6 nitrogen and oxygen atoms in total. The van der Waals surface area contributed by atoms with Gasteiger partial charge in [-0.05, 0) is 31.7 Å². The number of aromatic nitrogens is 3. The smallest absolute Gasteiger partial charge is 0.269 e. The van der Waals surface area contributed by atoms with Crippen LogP contribution in [0, 0.1) is 6.92 Å². The summed E-state index contributed by atoms with van der Waals surface area (Å²) in [7, 11) is -3.67. The highest BCUT2D eigenvalue weighted by atomic mass is 35.5. The monoisotopic (exact) mass is 352 g/mol. The fourth-order valence-corrected chi connectivity index (χ4v) is 3.51. The van der Waals surface area contributed by atoms with Gasteiger partial charge in [-0.15, -0.1) is 12.4 Å². The fraction of sp³-hybridized carbons (Fsp3) is 0.200. The second-order valence-corrected chi connectivity index (χ2v) is 6.85. The molecule has 0 saturated heterocycles. The molecule has 0 saturated carbocycles. The number of aryl methyl sites for hydroxylation is 1. The van der Waals surface area contributed by atoms with Crippen molar-refractivity contribution >= 4 is 33.6 Å². The summed E-state index contributed by atoms with van der Waals surface area (Å²) in [6, 6.07) is 8.36. The van der Waals surface area contributed by atoms with Gasteiger partial charge in [0.15, 0.2) is 5.65 Å². The standard InChI is InChI=1S/C15H16N4O2S.ClH/c1-11-2-4-13(5-3-11)22(20,21)19-9-7-14-15(19)17-10-12(18-14)6-8-16;/h2-5,7,9-10H,6,8,16H2,1H3;1H. The highest BCUT2D eigenvalue weighted by molar-refractivity contribution is 7.90. The first-order chi connectivity index (χ1) is 10.5. The number of hydrogen-bond donors (Lipinski definition) is 1. The Morgan fingerprint density at radius 3 is 2.52 bits per heavy atom. The van der Waals surface area contributed by atoms with Crippen LogP contribution in [0.5, 0.6) is 0 Å². The van der Waals surface area contributed by atoms with E-state index in [-0.39, 0.29) is 17.3 Å². The predicted octanol–water partition coefficient (Wildman–Crippen LogP) is 1.90. The van der Waals surface area contributed by atoms with Gasteiger partial charge in [-0.25, -0.2) is 22.4 Å². The summed E-state index contributed by atoms with van der Waals surface area (Å²) in [6.07, 6.45) is 3.65. The number of nitrogens with two attached hydrogens (primary N) is 1. The Kier molecular flexibility index (Phi) is 5.03. The molecule has 0 amide bonds. The second-order valence-electron chi connectivity index (χ2n) is 5.04. The van der Waals surface area contributed by atoms with Gasteiger partial charge in [0.05, 0.1) is 16.8 Å². The normalized spacial score (nSPS) is 11.4. The van der Waals surface area contributed by atoms with E-state index in [9.17, 15) is 8.42 Å². The predicted molar refractivity (Wildman–Crippen MR) is 91.3 cm³/mol. The van der Waals surface area contributed by atoms with Gasteiger partial charge in [-0.1, -0.05) is 17.7 Å². The lowest BCUT2D eigenvalue weighted by Crippen LogP contribution is -2.13. The van der Waals surface area contributed by atoms with Crippen LogP contribution in [0.1, 0.15) is 11.3 Å². The van der Waals surface area contributed by atoms with E-state index in [1.165, 1.54) is 6.20 Å². The number of fused-ring (bicyclic) bond motifs is 1. The first-order valence-electron chi connectivity index (χ1n) is 6.87. The average molecular weight is 353 g/mol. The van der Waals surface area contributed by atoms with Crippen LogP contribution in [0.25, 0.3) is 11.2 Å². The maximum absolute atomic E-state index is 12.7. The summed E-state index contributed by atoms with van der Waals surface area (Å²) in [6.45, 7) is 2.38. The molecule has 0 aliphatic rings. The minimum atomic E-state index is -3.67. The van der Waals surface area contributed by atoms with Crippen LogP contribution in [0.3, 0.4) is 0 Å². The van der Waals surface area contributed by atoms with Crippen molar-refractivity contribution in [3.8, 4) is 0 Å². The van der Waals surface area contributed by atoms with Crippen molar-refractivity contribution in [3.05, 3.63) is 54.0 Å². The first-order valence-corrected chi connectivity index (χ1v) is 8.31. The molecular formula is C15H17ClN4O2S. The molecule has 0 radical (unpaired) electrons. The molecule has 0 aliphatic heterocycles. The van der Waals surface area contributed by atoms with Crippen molar-refractivity contribution in [2.45, 2.75) is 18.2 Å². The molecule has 2 heterocycles. The van der Waals surface area contributed by atoms with E-state index in [0.29, 0.717) is 24.1 Å². The fourth-order valence-electron chi connectivity index (χ4n) is 2.21. The minimum absolute atomic E-state index is 0. The van der Waals surface area contributed by atoms with Crippen LogP contribution in [0.2, 0.25) is 0 Å². The number of hydrogen-bond acceptors (Lipinski definition) is 5. The molecule has 23 heavy (non-hydrogen) atoms. The Balaban J connectivity index is 0.00000192. The number of rotatable bonds is 4. The van der Waals surface area contributed by atoms with Crippen molar-refractivity contribution in [3.63, 3.8) is 0 Å². The molecule has 3 aromatic rings. The van der Waals surface area contributed by atoms with E-state index in [1.54, 1.807) is 36.5 Å². The maximum Gasteiger partial charge on any atom is 0.269 e. The summed E-state index contributed by atoms with van der Waals surface area (Å²) in [5, 5.41) is 0. The van der Waals surface area contributed by atoms with Gasteiger partial charge in [0.1, 0.15) is 5.52 Å². The van der Waals surface area contributed by atoms with Gasteiger partial charge in [0.25, 0.3) is 10.0 Å². The third-order valence-electron chi connectivity index (χ3n) is 3.38. The Bertz CT molecular complexity index is 920. The summed E-state index contributed by atoms with van der Waals surface area (Å²) in [5.41, 5.74) is 8.12. The summed E-state index contributed by atoms with van der Waals surface area (Å²) in [4.78, 5) is 8.84. The van der Waals surface area contributed by atoms with Gasteiger partial charge in [-0.3, -0.25) is 0 Å². The van der Waals surface area contributed by atoms with Gasteiger partial charge < -0.3 is 5.73 Å². The molecule has 1 aromatic carbocycles. The third kappa shape index (κ3) is 3.21. The SMILES string of the molecule is Cc1ccc(S(=O)(=O)n2ccc3nc(CCN)cnc32)cc1.Cl. The van der Waals surface area contributed by atoms with Crippen molar-refractivity contribution in [1.82, 2.24) is 13.9 Å². The zero-order chi connectivity index (χ0) is 15.7. The molecule has 0 atom stereocenters. The highest BCUT2D eigenvalue weighted by Gasteiger charge is 2.20. The van der Waals surface area contributed by atoms with E-state index in [4.69, 9.17) is 5.73 Å². The van der Waals surface area contributed by atoms with Crippen molar-refractivity contribution in [1.29, 1.82) is 0 Å². The Morgan fingerprint density at radius 1 is 1.17 bits per heavy atom. The van der Waals surface area contributed by atoms with Crippen molar-refractivity contribution in [2.24, 2.45) is 5.73 Å². The molecule has 2 N–H and O–H groups in total. The van der Waals surface area contributed by atoms with Gasteiger partial charge in [-0.2, -0.15) is 0 Å². The lowest BCUT2D eigenvalue weighted by Gasteiger charge is -2.07. The average Bonchev–Trinajstić information content (AvgIpc) is 2.92. The topological polar surface area (TPSA) is 90.9 Å². The van der Waals surface area contributed by atoms with E-state index >= 15 is 0 Å². The molecule has 0 aliphatic carbocycles. The van der Waals surface area contributed by atoms with Gasteiger partial charge in [0.2, 0.25) is 0 Å². The lowest BCUT2D eigenvalue weighted by molar-refractivity contribution is 0.588. The van der Waals surface area contributed by atoms with Crippen LogP contribution in [-0.4, -0.2) is 28.9 Å². The Hall–Kier alpha value is -1.96. The second kappa shape index (κ2) is 6.66. The van der Waals surface area contributed by atoms with Crippen LogP contribution in [0.4, 0.5) is 0 Å². The van der Waals surface area contributed by atoms with Crippen molar-refractivity contribution in [2.75, 3.05) is 6.54 Å². The number of halogens is 1. The van der Waals surface area contributed by atoms with Crippen molar-refractivity contribution < 1.29 is 8.42 Å². The summed E-state index contributed by atoms with van der Waals surface area (Å²) >= 11 is 0. The number of benzene rings is 1. The number of nitrogens with zero attached hydrogens (tertiary/aromatic N) is 3. The van der Waals surface area contributed by atoms with Crippen LogP contribution < -0.4 is 5.73 Å². The first kappa shape index (κ1) is 17.4. The molecule has 0 spiro atoms. The molecule has 8 heteroatoms. The Labute approximate surface area is 140 Å². The van der Waals surface area contributed by atoms with Crippen LogP contribution in [-0.2, 0) is 16.4 Å². The zero-order valence-corrected chi connectivity index (χ0v) is 14.1.